The normalized spacial score (nSPS) is 26.7. The predicted octanol–water partition coefficient (Wildman–Crippen LogP) is 3.02. The molecule has 2 rings (SSSR count). The Morgan fingerprint density at radius 1 is 1.36 bits per heavy atom. The van der Waals surface area contributed by atoms with Crippen LogP contribution >= 0.6 is 11.6 Å². The van der Waals surface area contributed by atoms with Crippen LogP contribution in [0.3, 0.4) is 0 Å². The highest BCUT2D eigenvalue weighted by Gasteiger charge is 2.27. The molecule has 0 spiro atoms. The minimum absolute atomic E-state index is 0.299. The third kappa shape index (κ3) is 2.28. The topological polar surface area (TPSA) is 12.0 Å². The molecule has 0 radical (unpaired) electrons. The molecule has 1 fully saturated rings. The summed E-state index contributed by atoms with van der Waals surface area (Å²) in [5.41, 5.74) is 1.67. The first-order valence-electron chi connectivity index (χ1n) is 5.17. The molecule has 1 aliphatic heterocycles. The van der Waals surface area contributed by atoms with Crippen molar-refractivity contribution in [1.82, 2.24) is 5.32 Å². The van der Waals surface area contributed by atoms with Crippen LogP contribution in [0, 0.1) is 0 Å². The van der Waals surface area contributed by atoms with Gasteiger partial charge in [-0.3, -0.25) is 0 Å². The first-order valence-corrected chi connectivity index (χ1v) is 5.55. The van der Waals surface area contributed by atoms with E-state index in [0.717, 1.165) is 18.0 Å². The van der Waals surface area contributed by atoms with Crippen molar-refractivity contribution in [2.24, 2.45) is 0 Å². The Hall–Kier alpha value is -0.530. The number of benzene rings is 1. The minimum atomic E-state index is 0.299. The largest absolute Gasteiger partial charge is 0.311 e. The summed E-state index contributed by atoms with van der Waals surface area (Å²) in [7, 11) is 0. The van der Waals surface area contributed by atoms with E-state index >= 15 is 0 Å². The van der Waals surface area contributed by atoms with E-state index < -0.39 is 0 Å². The van der Waals surface area contributed by atoms with Crippen LogP contribution in [-0.4, -0.2) is 12.1 Å². The quantitative estimate of drug-likeness (QED) is 0.790. The van der Waals surface area contributed by atoms with Gasteiger partial charge in [0.15, 0.2) is 0 Å². The van der Waals surface area contributed by atoms with E-state index in [4.69, 9.17) is 11.6 Å². The Balaban J connectivity index is 2.06. The van der Waals surface area contributed by atoms with Crippen molar-refractivity contribution in [3.05, 3.63) is 34.9 Å². The van der Waals surface area contributed by atoms with E-state index in [0.29, 0.717) is 5.54 Å². The van der Waals surface area contributed by atoms with Crippen molar-refractivity contribution in [2.75, 3.05) is 6.54 Å². The third-order valence-electron chi connectivity index (χ3n) is 2.96. The van der Waals surface area contributed by atoms with Crippen LogP contribution in [0.1, 0.15) is 25.3 Å². The molecule has 0 saturated carbocycles. The monoisotopic (exact) mass is 209 g/mol. The molecule has 1 nitrogen and oxygen atoms in total. The molecular weight excluding hydrogens is 194 g/mol. The average molecular weight is 210 g/mol. The zero-order chi connectivity index (χ0) is 10.0. The van der Waals surface area contributed by atoms with Crippen molar-refractivity contribution in [3.8, 4) is 0 Å². The summed E-state index contributed by atoms with van der Waals surface area (Å²) in [6.45, 7) is 3.46. The minimum Gasteiger partial charge on any atom is -0.311 e. The summed E-state index contributed by atoms with van der Waals surface area (Å²) in [6, 6.07) is 8.17. The highest BCUT2D eigenvalue weighted by atomic mass is 35.5. The van der Waals surface area contributed by atoms with Crippen LogP contribution in [0.25, 0.3) is 0 Å². The van der Waals surface area contributed by atoms with E-state index in [1.54, 1.807) is 0 Å². The summed E-state index contributed by atoms with van der Waals surface area (Å²) in [5.74, 6) is 0. The van der Waals surface area contributed by atoms with Gasteiger partial charge in [0, 0.05) is 10.6 Å². The van der Waals surface area contributed by atoms with Gasteiger partial charge >= 0.3 is 0 Å². The van der Waals surface area contributed by atoms with E-state index in [1.807, 2.05) is 12.1 Å². The molecule has 1 aromatic carbocycles. The van der Waals surface area contributed by atoms with Crippen molar-refractivity contribution in [3.63, 3.8) is 0 Å². The lowest BCUT2D eigenvalue weighted by atomic mass is 9.91. The maximum atomic E-state index is 5.85. The van der Waals surface area contributed by atoms with E-state index in [9.17, 15) is 0 Å². The maximum Gasteiger partial charge on any atom is 0.0406 e. The zero-order valence-corrected chi connectivity index (χ0v) is 9.27. The lowest BCUT2D eigenvalue weighted by Gasteiger charge is -2.24. The number of hydrogen-bond donors (Lipinski definition) is 1. The SMILES string of the molecule is C[C@@]1(Cc2ccc(Cl)cc2)CCCN1. The Morgan fingerprint density at radius 2 is 2.07 bits per heavy atom. The Morgan fingerprint density at radius 3 is 2.64 bits per heavy atom. The molecule has 0 unspecified atom stereocenters. The van der Waals surface area contributed by atoms with E-state index in [1.165, 1.54) is 18.4 Å². The summed E-state index contributed by atoms with van der Waals surface area (Å²) >= 11 is 5.85. The van der Waals surface area contributed by atoms with Crippen molar-refractivity contribution < 1.29 is 0 Å². The summed E-state index contributed by atoms with van der Waals surface area (Å²) in [5, 5.41) is 4.38. The van der Waals surface area contributed by atoms with Crippen LogP contribution in [0.5, 0.6) is 0 Å². The number of rotatable bonds is 2. The van der Waals surface area contributed by atoms with E-state index in [2.05, 4.69) is 24.4 Å². The molecule has 1 saturated heterocycles. The van der Waals surface area contributed by atoms with E-state index in [-0.39, 0.29) is 0 Å². The molecule has 0 aromatic heterocycles. The van der Waals surface area contributed by atoms with Crippen LogP contribution in [0.2, 0.25) is 5.02 Å². The Bertz CT molecular complexity index is 299. The van der Waals surface area contributed by atoms with Gasteiger partial charge in [0.05, 0.1) is 0 Å². The summed E-state index contributed by atoms with van der Waals surface area (Å²) in [4.78, 5) is 0. The highest BCUT2D eigenvalue weighted by molar-refractivity contribution is 6.30. The fourth-order valence-corrected chi connectivity index (χ4v) is 2.29. The summed E-state index contributed by atoms with van der Waals surface area (Å²) < 4.78 is 0. The first kappa shape index (κ1) is 10.0. The Kier molecular flexibility index (Phi) is 2.80. The molecule has 1 heterocycles. The molecule has 0 amide bonds. The molecule has 14 heavy (non-hydrogen) atoms. The molecule has 0 aliphatic carbocycles. The van der Waals surface area contributed by atoms with Gasteiger partial charge in [-0.2, -0.15) is 0 Å². The van der Waals surface area contributed by atoms with Gasteiger partial charge in [-0.05, 0) is 50.4 Å². The standard InChI is InChI=1S/C12H16ClN/c1-12(7-2-8-14-12)9-10-3-5-11(13)6-4-10/h3-6,14H,2,7-9H2,1H3/t12-/m0/s1. The van der Waals surface area contributed by atoms with Gasteiger partial charge in [0.25, 0.3) is 0 Å². The Labute approximate surface area is 90.5 Å². The van der Waals surface area contributed by atoms with Gasteiger partial charge in [-0.15, -0.1) is 0 Å². The van der Waals surface area contributed by atoms with Crippen molar-refractivity contribution >= 4 is 11.6 Å². The maximum absolute atomic E-state index is 5.85. The fraction of sp³-hybridized carbons (Fsp3) is 0.500. The number of nitrogens with one attached hydrogen (secondary N) is 1. The van der Waals surface area contributed by atoms with Gasteiger partial charge in [-0.1, -0.05) is 23.7 Å². The molecule has 1 N–H and O–H groups in total. The van der Waals surface area contributed by atoms with Gasteiger partial charge in [0.1, 0.15) is 0 Å². The second kappa shape index (κ2) is 3.92. The van der Waals surface area contributed by atoms with Crippen LogP contribution in [0.15, 0.2) is 24.3 Å². The lowest BCUT2D eigenvalue weighted by Crippen LogP contribution is -2.38. The fourth-order valence-electron chi connectivity index (χ4n) is 2.16. The average Bonchev–Trinajstić information content (AvgIpc) is 2.57. The summed E-state index contributed by atoms with van der Waals surface area (Å²) in [6.07, 6.45) is 3.67. The second-order valence-electron chi connectivity index (χ2n) is 4.39. The molecule has 1 aliphatic rings. The van der Waals surface area contributed by atoms with Crippen molar-refractivity contribution in [1.29, 1.82) is 0 Å². The smallest absolute Gasteiger partial charge is 0.0406 e. The van der Waals surface area contributed by atoms with Crippen LogP contribution < -0.4 is 5.32 Å². The third-order valence-corrected chi connectivity index (χ3v) is 3.22. The highest BCUT2D eigenvalue weighted by Crippen LogP contribution is 2.23. The number of hydrogen-bond acceptors (Lipinski definition) is 1. The predicted molar refractivity (Wildman–Crippen MR) is 60.8 cm³/mol. The lowest BCUT2D eigenvalue weighted by molar-refractivity contribution is 0.412. The van der Waals surface area contributed by atoms with Crippen LogP contribution in [0.4, 0.5) is 0 Å². The molecular formula is C12H16ClN. The van der Waals surface area contributed by atoms with Crippen molar-refractivity contribution in [2.45, 2.75) is 31.7 Å². The first-order chi connectivity index (χ1) is 6.68. The molecule has 1 atom stereocenters. The zero-order valence-electron chi connectivity index (χ0n) is 8.52. The molecule has 76 valence electrons. The van der Waals surface area contributed by atoms with Crippen LogP contribution in [-0.2, 0) is 6.42 Å². The molecule has 2 heteroatoms. The molecule has 0 bridgehead atoms. The number of halogens is 1. The second-order valence-corrected chi connectivity index (χ2v) is 4.83. The van der Waals surface area contributed by atoms with Gasteiger partial charge in [0.2, 0.25) is 0 Å². The molecule has 1 aromatic rings. The van der Waals surface area contributed by atoms with Gasteiger partial charge in [-0.25, -0.2) is 0 Å². The van der Waals surface area contributed by atoms with Gasteiger partial charge < -0.3 is 5.32 Å².